The Bertz CT molecular complexity index is 1180. The van der Waals surface area contributed by atoms with Gasteiger partial charge in [-0.05, 0) is 75.4 Å². The molecule has 2 aliphatic rings. The molecule has 1 atom stereocenters. The van der Waals surface area contributed by atoms with E-state index in [-0.39, 0.29) is 41.1 Å². The Hall–Kier alpha value is -3.07. The molecule has 1 heterocycles. The van der Waals surface area contributed by atoms with Gasteiger partial charge in [0.2, 0.25) is 0 Å². The van der Waals surface area contributed by atoms with Crippen LogP contribution in [0.15, 0.2) is 42.0 Å². The molecule has 9 heteroatoms. The fourth-order valence-electron chi connectivity index (χ4n) is 5.93. The average Bonchev–Trinajstić information content (AvgIpc) is 3.36. The molecule has 2 fully saturated rings. The summed E-state index contributed by atoms with van der Waals surface area (Å²) in [5, 5.41) is 0. The second kappa shape index (κ2) is 14.0. The molecule has 5 nitrogen and oxygen atoms in total. The van der Waals surface area contributed by atoms with Crippen molar-refractivity contribution in [2.45, 2.75) is 64.5 Å². The molecule has 0 spiro atoms. The van der Waals surface area contributed by atoms with Crippen molar-refractivity contribution in [1.82, 2.24) is 9.80 Å². The predicted octanol–water partition coefficient (Wildman–Crippen LogP) is 7.17. The van der Waals surface area contributed by atoms with Crippen LogP contribution < -0.4 is 9.47 Å². The van der Waals surface area contributed by atoms with Gasteiger partial charge < -0.3 is 14.4 Å². The third-order valence-corrected chi connectivity index (χ3v) is 7.87. The summed E-state index contributed by atoms with van der Waals surface area (Å²) in [6.45, 7) is 1.35. The zero-order chi connectivity index (χ0) is 28.6. The first kappa shape index (κ1) is 29.9. The van der Waals surface area contributed by atoms with E-state index in [1.165, 1.54) is 69.5 Å². The van der Waals surface area contributed by atoms with Gasteiger partial charge in [-0.3, -0.25) is 9.69 Å². The molecule has 218 valence electrons. The van der Waals surface area contributed by atoms with E-state index in [0.29, 0.717) is 18.0 Å². The second-order valence-corrected chi connectivity index (χ2v) is 10.9. The SMILES string of the molecule is COc1ccc(C(=O)N(CC(C)=Cc2ccc(F)cc2F)C[C@@H]2CCCN2CC2CCCCC2)cc1OC(F)F. The van der Waals surface area contributed by atoms with Gasteiger partial charge in [0.25, 0.3) is 5.91 Å². The molecule has 0 N–H and O–H groups in total. The van der Waals surface area contributed by atoms with E-state index >= 15 is 0 Å². The van der Waals surface area contributed by atoms with Crippen molar-refractivity contribution in [3.05, 3.63) is 64.7 Å². The maximum absolute atomic E-state index is 14.3. The van der Waals surface area contributed by atoms with Crippen LogP contribution in [-0.4, -0.2) is 61.6 Å². The Balaban J connectivity index is 1.58. The fourth-order valence-corrected chi connectivity index (χ4v) is 5.93. The van der Waals surface area contributed by atoms with Gasteiger partial charge in [-0.25, -0.2) is 8.78 Å². The summed E-state index contributed by atoms with van der Waals surface area (Å²) in [4.78, 5) is 18.0. The minimum atomic E-state index is -3.07. The Kier molecular flexibility index (Phi) is 10.5. The molecule has 1 amide bonds. The minimum Gasteiger partial charge on any atom is -0.493 e. The van der Waals surface area contributed by atoms with E-state index in [9.17, 15) is 22.4 Å². The number of carbonyl (C=O) groups is 1. The maximum atomic E-state index is 14.3. The van der Waals surface area contributed by atoms with Gasteiger partial charge in [0, 0.05) is 42.9 Å². The Labute approximate surface area is 233 Å². The molecule has 40 heavy (non-hydrogen) atoms. The summed E-state index contributed by atoms with van der Waals surface area (Å²) in [5.74, 6) is -1.15. The van der Waals surface area contributed by atoms with Crippen LogP contribution in [0, 0.1) is 17.6 Å². The molecule has 4 rings (SSSR count). The predicted molar refractivity (Wildman–Crippen MR) is 147 cm³/mol. The third-order valence-electron chi connectivity index (χ3n) is 7.87. The molecule has 0 aromatic heterocycles. The number of methoxy groups -OCH3 is 1. The fraction of sp³-hybridized carbons (Fsp3) is 0.516. The number of nitrogens with zero attached hydrogens (tertiary/aromatic N) is 2. The number of hydrogen-bond donors (Lipinski definition) is 0. The topological polar surface area (TPSA) is 42.0 Å². The van der Waals surface area contributed by atoms with Gasteiger partial charge in [-0.1, -0.05) is 30.9 Å². The Morgan fingerprint density at radius 1 is 1.05 bits per heavy atom. The molecular weight excluding hydrogens is 524 g/mol. The highest BCUT2D eigenvalue weighted by Gasteiger charge is 2.31. The van der Waals surface area contributed by atoms with Gasteiger partial charge in [0.05, 0.1) is 7.11 Å². The van der Waals surface area contributed by atoms with Crippen LogP contribution in [-0.2, 0) is 0 Å². The van der Waals surface area contributed by atoms with Crippen molar-refractivity contribution in [3.63, 3.8) is 0 Å². The quantitative estimate of drug-likeness (QED) is 0.273. The lowest BCUT2D eigenvalue weighted by atomic mass is 9.89. The van der Waals surface area contributed by atoms with Crippen molar-refractivity contribution in [3.8, 4) is 11.5 Å². The number of amides is 1. The zero-order valence-electron chi connectivity index (χ0n) is 23.2. The number of ether oxygens (including phenoxy) is 2. The third kappa shape index (κ3) is 7.99. The summed E-state index contributed by atoms with van der Waals surface area (Å²) in [7, 11) is 1.34. The smallest absolute Gasteiger partial charge is 0.387 e. The summed E-state index contributed by atoms with van der Waals surface area (Å²) < 4.78 is 63.5. The highest BCUT2D eigenvalue weighted by molar-refractivity contribution is 5.95. The second-order valence-electron chi connectivity index (χ2n) is 10.9. The zero-order valence-corrected chi connectivity index (χ0v) is 23.2. The molecule has 2 aromatic carbocycles. The largest absolute Gasteiger partial charge is 0.493 e. The Morgan fingerprint density at radius 3 is 2.52 bits per heavy atom. The highest BCUT2D eigenvalue weighted by Crippen LogP contribution is 2.31. The van der Waals surface area contributed by atoms with Crippen molar-refractivity contribution >= 4 is 12.0 Å². The normalized spacial score (nSPS) is 18.8. The van der Waals surface area contributed by atoms with Crippen LogP contribution in [0.4, 0.5) is 17.6 Å². The lowest BCUT2D eigenvalue weighted by Crippen LogP contribution is -2.45. The molecule has 0 bridgehead atoms. The number of likely N-dealkylation sites (tertiary alicyclic amines) is 1. The summed E-state index contributed by atoms with van der Waals surface area (Å²) in [6, 6.07) is 7.77. The Morgan fingerprint density at radius 2 is 1.82 bits per heavy atom. The number of alkyl halides is 2. The van der Waals surface area contributed by atoms with Gasteiger partial charge in [0.15, 0.2) is 11.5 Å². The van der Waals surface area contributed by atoms with Crippen LogP contribution >= 0.6 is 0 Å². The lowest BCUT2D eigenvalue weighted by molar-refractivity contribution is -0.0512. The molecule has 1 aliphatic heterocycles. The highest BCUT2D eigenvalue weighted by atomic mass is 19.3. The standard InChI is InChI=1S/C31H38F4N2O3/c1-21(15-23-10-12-25(32)17-27(23)33)18-37(20-26-9-6-14-36(26)19-22-7-4-3-5-8-22)30(38)24-11-13-28(39-2)29(16-24)40-31(34)35/h10-13,15-17,22,26,31H,3-9,14,18-20H2,1-2H3/t26-/m0/s1. The maximum Gasteiger partial charge on any atom is 0.387 e. The molecule has 1 aliphatic carbocycles. The van der Waals surface area contributed by atoms with E-state index in [1.807, 2.05) is 0 Å². The average molecular weight is 563 g/mol. The number of halogens is 4. The van der Waals surface area contributed by atoms with E-state index in [0.717, 1.165) is 32.0 Å². The molecule has 2 aromatic rings. The van der Waals surface area contributed by atoms with Crippen molar-refractivity contribution < 1.29 is 31.8 Å². The monoisotopic (exact) mass is 562 g/mol. The number of benzene rings is 2. The van der Waals surface area contributed by atoms with E-state index in [1.54, 1.807) is 17.9 Å². The van der Waals surface area contributed by atoms with Crippen LogP contribution in [0.2, 0.25) is 0 Å². The number of rotatable bonds is 11. The summed E-state index contributed by atoms with van der Waals surface area (Å²) in [6.07, 6.45) is 9.88. The number of hydrogen-bond acceptors (Lipinski definition) is 4. The van der Waals surface area contributed by atoms with Crippen LogP contribution in [0.5, 0.6) is 11.5 Å². The van der Waals surface area contributed by atoms with Crippen molar-refractivity contribution in [1.29, 1.82) is 0 Å². The van der Waals surface area contributed by atoms with Crippen LogP contribution in [0.3, 0.4) is 0 Å². The number of carbonyl (C=O) groups excluding carboxylic acids is 1. The van der Waals surface area contributed by atoms with Gasteiger partial charge in [0.1, 0.15) is 11.6 Å². The van der Waals surface area contributed by atoms with Crippen molar-refractivity contribution in [2.75, 3.05) is 33.3 Å². The van der Waals surface area contributed by atoms with Gasteiger partial charge in [-0.15, -0.1) is 0 Å². The van der Waals surface area contributed by atoms with Crippen LogP contribution in [0.1, 0.15) is 67.8 Å². The first-order valence-corrected chi connectivity index (χ1v) is 14.0. The molecule has 1 saturated heterocycles. The molecule has 0 unspecified atom stereocenters. The molecule has 0 radical (unpaired) electrons. The first-order valence-electron chi connectivity index (χ1n) is 14.0. The molecular formula is C31H38F4N2O3. The molecule has 1 saturated carbocycles. The first-order chi connectivity index (χ1) is 19.2. The lowest BCUT2D eigenvalue weighted by Gasteiger charge is -2.34. The minimum absolute atomic E-state index is 0.0979. The van der Waals surface area contributed by atoms with Gasteiger partial charge >= 0.3 is 6.61 Å². The van der Waals surface area contributed by atoms with E-state index < -0.39 is 18.2 Å². The van der Waals surface area contributed by atoms with Crippen molar-refractivity contribution in [2.24, 2.45) is 5.92 Å². The summed E-state index contributed by atoms with van der Waals surface area (Å²) >= 11 is 0. The van der Waals surface area contributed by atoms with Gasteiger partial charge in [-0.2, -0.15) is 8.78 Å². The van der Waals surface area contributed by atoms with E-state index in [4.69, 9.17) is 4.74 Å². The van der Waals surface area contributed by atoms with Crippen LogP contribution in [0.25, 0.3) is 6.08 Å². The summed E-state index contributed by atoms with van der Waals surface area (Å²) in [5.41, 5.74) is 1.12. The van der Waals surface area contributed by atoms with E-state index in [2.05, 4.69) is 9.64 Å².